The molecule has 0 spiro atoms. The van der Waals surface area contributed by atoms with Crippen LogP contribution in [0.25, 0.3) is 16.9 Å². The minimum absolute atomic E-state index is 0.282. The summed E-state index contributed by atoms with van der Waals surface area (Å²) in [6.07, 6.45) is -2.65. The summed E-state index contributed by atoms with van der Waals surface area (Å²) in [4.78, 5) is 15.2. The lowest BCUT2D eigenvalue weighted by Gasteiger charge is -2.22. The second-order valence-electron chi connectivity index (χ2n) is 8.78. The highest BCUT2D eigenvalue weighted by Gasteiger charge is 2.36. The van der Waals surface area contributed by atoms with E-state index in [0.29, 0.717) is 49.3 Å². The Kier molecular flexibility index (Phi) is 5.28. The van der Waals surface area contributed by atoms with Crippen LogP contribution in [0.3, 0.4) is 0 Å². The third-order valence-electron chi connectivity index (χ3n) is 6.60. The molecule has 1 saturated heterocycles. The van der Waals surface area contributed by atoms with Crippen molar-refractivity contribution in [1.82, 2.24) is 9.78 Å². The number of aromatic nitrogens is 2. The number of alkyl halides is 3. The maximum Gasteiger partial charge on any atom is 0.418 e. The number of aliphatic hydroxyl groups is 1. The number of hydrogen-bond acceptors (Lipinski definition) is 4. The Morgan fingerprint density at radius 1 is 1.09 bits per heavy atom. The van der Waals surface area contributed by atoms with Crippen LogP contribution in [-0.4, -0.2) is 34.1 Å². The van der Waals surface area contributed by atoms with E-state index < -0.39 is 23.4 Å². The summed E-state index contributed by atoms with van der Waals surface area (Å²) in [5, 5.41) is 14.4. The molecule has 1 aliphatic heterocycles. The molecule has 2 aromatic carbocycles. The first-order valence-electron chi connectivity index (χ1n) is 11.1. The quantitative estimate of drug-likeness (QED) is 0.640. The number of rotatable bonds is 3. The molecule has 0 saturated carbocycles. The summed E-state index contributed by atoms with van der Waals surface area (Å²) >= 11 is 0. The summed E-state index contributed by atoms with van der Waals surface area (Å²) in [5.41, 5.74) is 2.54. The summed E-state index contributed by atoms with van der Waals surface area (Å²) in [6, 6.07) is 11.3. The van der Waals surface area contributed by atoms with E-state index in [0.717, 1.165) is 33.9 Å². The van der Waals surface area contributed by atoms with Crippen molar-refractivity contribution in [3.8, 4) is 16.9 Å². The molecule has 5 nitrogen and oxygen atoms in total. The molecule has 2 aliphatic rings. The van der Waals surface area contributed by atoms with E-state index >= 15 is 0 Å². The molecule has 2 heterocycles. The van der Waals surface area contributed by atoms with Crippen LogP contribution in [0, 0.1) is 6.92 Å². The molecule has 0 radical (unpaired) electrons. The van der Waals surface area contributed by atoms with Gasteiger partial charge in [0.05, 0.1) is 23.0 Å². The number of β-amino-alcohol motifs (C(OH)–C–C–N with tert-alkyl or cyclic N) is 1. The molecule has 0 bridgehead atoms. The van der Waals surface area contributed by atoms with Crippen molar-refractivity contribution in [2.75, 3.05) is 18.0 Å². The van der Waals surface area contributed by atoms with Crippen molar-refractivity contribution in [3.63, 3.8) is 0 Å². The van der Waals surface area contributed by atoms with Gasteiger partial charge in [-0.1, -0.05) is 24.3 Å². The molecule has 1 aliphatic carbocycles. The zero-order valence-corrected chi connectivity index (χ0v) is 18.2. The van der Waals surface area contributed by atoms with Gasteiger partial charge >= 0.3 is 6.18 Å². The molecule has 8 heteroatoms. The summed E-state index contributed by atoms with van der Waals surface area (Å²) in [7, 11) is 0. The molecule has 1 N–H and O–H groups in total. The SMILES string of the molecule is Cc1ccccc1-c1nn(-c2cc(N3CC[C@H](O)C3)ccc2C(F)(F)F)c(=O)c2c1CCC2. The van der Waals surface area contributed by atoms with Gasteiger partial charge in [-0.25, -0.2) is 0 Å². The molecule has 33 heavy (non-hydrogen) atoms. The standard InChI is InChI=1S/C25H24F3N3O2/c1-15-5-2-3-6-18(15)23-19-7-4-8-20(19)24(33)31(29-23)22-13-16(30-12-11-17(32)14-30)9-10-21(22)25(26,27)28/h2-3,5-6,9-10,13,17,32H,4,7-8,11-12,14H2,1H3/t17-/m0/s1. The highest BCUT2D eigenvalue weighted by atomic mass is 19.4. The Labute approximate surface area is 189 Å². The number of anilines is 1. The molecule has 1 atom stereocenters. The molecule has 3 aromatic rings. The lowest BCUT2D eigenvalue weighted by atomic mass is 10.00. The maximum atomic E-state index is 14.0. The van der Waals surface area contributed by atoms with Crippen LogP contribution in [-0.2, 0) is 19.0 Å². The van der Waals surface area contributed by atoms with Gasteiger partial charge in [0.25, 0.3) is 5.56 Å². The van der Waals surface area contributed by atoms with Gasteiger partial charge in [-0.15, -0.1) is 0 Å². The number of benzene rings is 2. The topological polar surface area (TPSA) is 58.4 Å². The number of aliphatic hydroxyl groups excluding tert-OH is 1. The van der Waals surface area contributed by atoms with Gasteiger partial charge in [0.2, 0.25) is 0 Å². The average Bonchev–Trinajstić information content (AvgIpc) is 3.43. The molecular weight excluding hydrogens is 431 g/mol. The Balaban J connectivity index is 1.76. The van der Waals surface area contributed by atoms with E-state index in [1.165, 1.54) is 12.1 Å². The van der Waals surface area contributed by atoms with E-state index in [2.05, 4.69) is 5.10 Å². The minimum atomic E-state index is -4.65. The predicted octanol–water partition coefficient (Wildman–Crippen LogP) is 4.29. The van der Waals surface area contributed by atoms with Crippen molar-refractivity contribution in [2.45, 2.75) is 44.9 Å². The normalized spacial score (nSPS) is 18.1. The first-order valence-corrected chi connectivity index (χ1v) is 11.1. The van der Waals surface area contributed by atoms with E-state index in [9.17, 15) is 23.1 Å². The van der Waals surface area contributed by atoms with Crippen molar-refractivity contribution in [2.24, 2.45) is 0 Å². The first-order chi connectivity index (χ1) is 15.7. The van der Waals surface area contributed by atoms with Gasteiger partial charge in [0.15, 0.2) is 0 Å². The van der Waals surface area contributed by atoms with Gasteiger partial charge in [-0.05, 0) is 61.9 Å². The fourth-order valence-corrected chi connectivity index (χ4v) is 4.90. The van der Waals surface area contributed by atoms with Crippen molar-refractivity contribution in [1.29, 1.82) is 0 Å². The van der Waals surface area contributed by atoms with Crippen LogP contribution in [0.4, 0.5) is 18.9 Å². The smallest absolute Gasteiger partial charge is 0.391 e. The van der Waals surface area contributed by atoms with Gasteiger partial charge in [0.1, 0.15) is 0 Å². The number of aryl methyl sites for hydroxylation is 1. The summed E-state index contributed by atoms with van der Waals surface area (Å²) < 4.78 is 42.9. The fraction of sp³-hybridized carbons (Fsp3) is 0.360. The minimum Gasteiger partial charge on any atom is -0.391 e. The second-order valence-corrected chi connectivity index (χ2v) is 8.78. The highest BCUT2D eigenvalue weighted by Crippen LogP contribution is 2.37. The van der Waals surface area contributed by atoms with E-state index in [1.807, 2.05) is 36.1 Å². The molecule has 5 rings (SSSR count). The fourth-order valence-electron chi connectivity index (χ4n) is 4.90. The summed E-state index contributed by atoms with van der Waals surface area (Å²) in [6.45, 7) is 2.80. The number of halogens is 3. The van der Waals surface area contributed by atoms with Gasteiger partial charge < -0.3 is 10.0 Å². The van der Waals surface area contributed by atoms with Crippen molar-refractivity contribution in [3.05, 3.63) is 75.1 Å². The number of hydrogen-bond donors (Lipinski definition) is 1. The Morgan fingerprint density at radius 3 is 2.55 bits per heavy atom. The molecule has 0 amide bonds. The third kappa shape index (κ3) is 3.82. The maximum absolute atomic E-state index is 14.0. The molecule has 1 fully saturated rings. The van der Waals surface area contributed by atoms with E-state index in [1.54, 1.807) is 0 Å². The molecule has 172 valence electrons. The Morgan fingerprint density at radius 2 is 1.85 bits per heavy atom. The van der Waals surface area contributed by atoms with E-state index in [4.69, 9.17) is 0 Å². The monoisotopic (exact) mass is 455 g/mol. The van der Waals surface area contributed by atoms with Gasteiger partial charge in [-0.2, -0.15) is 23.0 Å². The number of nitrogens with zero attached hydrogens (tertiary/aromatic N) is 3. The third-order valence-corrected chi connectivity index (χ3v) is 6.60. The van der Waals surface area contributed by atoms with Crippen LogP contribution in [0.5, 0.6) is 0 Å². The zero-order valence-electron chi connectivity index (χ0n) is 18.2. The number of fused-ring (bicyclic) bond motifs is 1. The van der Waals surface area contributed by atoms with Crippen LogP contribution >= 0.6 is 0 Å². The molecule has 1 aromatic heterocycles. The predicted molar refractivity (Wildman–Crippen MR) is 120 cm³/mol. The van der Waals surface area contributed by atoms with Crippen LogP contribution in [0.1, 0.15) is 35.1 Å². The van der Waals surface area contributed by atoms with Gasteiger partial charge in [0, 0.05) is 29.9 Å². The van der Waals surface area contributed by atoms with Crippen molar-refractivity contribution >= 4 is 5.69 Å². The lowest BCUT2D eigenvalue weighted by molar-refractivity contribution is -0.137. The highest BCUT2D eigenvalue weighted by molar-refractivity contribution is 5.69. The first kappa shape index (κ1) is 21.7. The van der Waals surface area contributed by atoms with Crippen molar-refractivity contribution < 1.29 is 18.3 Å². The van der Waals surface area contributed by atoms with Crippen LogP contribution < -0.4 is 10.5 Å². The van der Waals surface area contributed by atoms with Gasteiger partial charge in [-0.3, -0.25) is 4.79 Å². The molecular formula is C25H24F3N3O2. The van der Waals surface area contributed by atoms with Crippen LogP contribution in [0.15, 0.2) is 47.3 Å². The van der Waals surface area contributed by atoms with Crippen LogP contribution in [0.2, 0.25) is 0 Å². The lowest BCUT2D eigenvalue weighted by Crippen LogP contribution is -2.29. The largest absolute Gasteiger partial charge is 0.418 e. The van der Waals surface area contributed by atoms with E-state index in [-0.39, 0.29) is 5.69 Å². The Hall–Kier alpha value is -3.13. The zero-order chi connectivity index (χ0) is 23.3. The average molecular weight is 455 g/mol. The molecule has 0 unspecified atom stereocenters. The Bertz CT molecular complexity index is 1280. The summed E-state index contributed by atoms with van der Waals surface area (Å²) in [5.74, 6) is 0. The second kappa shape index (κ2) is 8.02.